The quantitative estimate of drug-likeness (QED) is 0.932. The molecule has 23 heavy (non-hydrogen) atoms. The summed E-state index contributed by atoms with van der Waals surface area (Å²) in [7, 11) is 0. The van der Waals surface area contributed by atoms with Gasteiger partial charge in [-0.05, 0) is 17.5 Å². The maximum Gasteiger partial charge on any atom is 0.231 e. The van der Waals surface area contributed by atoms with Gasteiger partial charge < -0.3 is 14.6 Å². The topological polar surface area (TPSA) is 45.2 Å². The average Bonchev–Trinajstić information content (AvgIpc) is 3.21. The van der Waals surface area contributed by atoms with Crippen molar-refractivity contribution in [1.29, 1.82) is 0 Å². The molecule has 2 aromatic rings. The monoisotopic (exact) mass is 332 g/mol. The van der Waals surface area contributed by atoms with Crippen LogP contribution in [0.5, 0.6) is 17.2 Å². The Morgan fingerprint density at radius 3 is 2.39 bits per heavy atom. The Kier molecular flexibility index (Phi) is 4.11. The van der Waals surface area contributed by atoms with E-state index in [9.17, 15) is 5.11 Å². The molecule has 3 heterocycles. The van der Waals surface area contributed by atoms with E-state index in [2.05, 4.69) is 27.3 Å². The standard InChI is InChI=1S/C17H20N2O3S/c20-15-9-17-16(21-12-22-17)8-13(15)10-18-3-5-19(6-4-18)11-14-2-1-7-23-14/h1-2,7-9,20H,3-6,10-12H2. The van der Waals surface area contributed by atoms with Crippen LogP contribution in [0.2, 0.25) is 0 Å². The van der Waals surface area contributed by atoms with Crippen molar-refractivity contribution in [2.24, 2.45) is 0 Å². The van der Waals surface area contributed by atoms with Crippen molar-refractivity contribution in [3.05, 3.63) is 40.1 Å². The number of nitrogens with zero attached hydrogens (tertiary/aromatic N) is 2. The minimum Gasteiger partial charge on any atom is -0.507 e. The van der Waals surface area contributed by atoms with Gasteiger partial charge in [-0.3, -0.25) is 9.80 Å². The zero-order valence-corrected chi connectivity index (χ0v) is 13.7. The predicted octanol–water partition coefficient (Wildman–Crippen LogP) is 2.50. The molecule has 0 radical (unpaired) electrons. The first-order chi connectivity index (χ1) is 11.3. The molecule has 0 spiro atoms. The third-order valence-electron chi connectivity index (χ3n) is 4.39. The highest BCUT2D eigenvalue weighted by Crippen LogP contribution is 2.38. The molecule has 0 atom stereocenters. The first kappa shape index (κ1) is 14.8. The van der Waals surface area contributed by atoms with E-state index in [0.717, 1.165) is 50.6 Å². The van der Waals surface area contributed by atoms with E-state index in [1.807, 2.05) is 17.4 Å². The number of benzene rings is 1. The molecular weight excluding hydrogens is 312 g/mol. The molecule has 0 aliphatic carbocycles. The van der Waals surface area contributed by atoms with Gasteiger partial charge in [0.25, 0.3) is 0 Å². The minimum absolute atomic E-state index is 0.236. The summed E-state index contributed by atoms with van der Waals surface area (Å²) in [5, 5.41) is 12.3. The van der Waals surface area contributed by atoms with E-state index in [0.29, 0.717) is 5.75 Å². The molecular formula is C17H20N2O3S. The Hall–Kier alpha value is -1.76. The lowest BCUT2D eigenvalue weighted by atomic mass is 10.1. The lowest BCUT2D eigenvalue weighted by Gasteiger charge is -2.34. The van der Waals surface area contributed by atoms with Gasteiger partial charge in [0.15, 0.2) is 11.5 Å². The van der Waals surface area contributed by atoms with Crippen LogP contribution >= 0.6 is 11.3 Å². The fourth-order valence-electron chi connectivity index (χ4n) is 3.07. The van der Waals surface area contributed by atoms with Crippen LogP contribution in [0.4, 0.5) is 0 Å². The van der Waals surface area contributed by atoms with Gasteiger partial charge in [-0.2, -0.15) is 0 Å². The number of hydrogen-bond donors (Lipinski definition) is 1. The number of fused-ring (bicyclic) bond motifs is 1. The summed E-state index contributed by atoms with van der Waals surface area (Å²) in [6.07, 6.45) is 0. The van der Waals surface area contributed by atoms with E-state index in [1.165, 1.54) is 4.88 Å². The van der Waals surface area contributed by atoms with Crippen LogP contribution in [0.1, 0.15) is 10.4 Å². The molecule has 1 fully saturated rings. The third-order valence-corrected chi connectivity index (χ3v) is 5.25. The number of ether oxygens (including phenoxy) is 2. The van der Waals surface area contributed by atoms with Crippen molar-refractivity contribution in [3.63, 3.8) is 0 Å². The van der Waals surface area contributed by atoms with E-state index in [4.69, 9.17) is 9.47 Å². The molecule has 122 valence electrons. The molecule has 1 N–H and O–H groups in total. The molecule has 1 aromatic carbocycles. The number of phenolic OH excluding ortho intramolecular Hbond substituents is 1. The second-order valence-corrected chi connectivity index (χ2v) is 7.00. The van der Waals surface area contributed by atoms with E-state index in [1.54, 1.807) is 6.07 Å². The van der Waals surface area contributed by atoms with Gasteiger partial charge in [0.2, 0.25) is 6.79 Å². The van der Waals surface area contributed by atoms with E-state index in [-0.39, 0.29) is 12.5 Å². The van der Waals surface area contributed by atoms with Gasteiger partial charge in [0.05, 0.1) is 0 Å². The van der Waals surface area contributed by atoms with Crippen molar-refractivity contribution in [2.75, 3.05) is 33.0 Å². The molecule has 2 aliphatic rings. The molecule has 1 saturated heterocycles. The highest BCUT2D eigenvalue weighted by Gasteiger charge is 2.21. The Morgan fingerprint density at radius 2 is 1.70 bits per heavy atom. The number of thiophene rings is 1. The first-order valence-corrected chi connectivity index (χ1v) is 8.74. The maximum absolute atomic E-state index is 10.2. The normalized spacial score (nSPS) is 18.4. The molecule has 0 bridgehead atoms. The van der Waals surface area contributed by atoms with Crippen molar-refractivity contribution in [2.45, 2.75) is 13.1 Å². The number of hydrogen-bond acceptors (Lipinski definition) is 6. The molecule has 4 rings (SSSR count). The van der Waals surface area contributed by atoms with Crippen molar-refractivity contribution >= 4 is 11.3 Å². The highest BCUT2D eigenvalue weighted by atomic mass is 32.1. The maximum atomic E-state index is 10.2. The SMILES string of the molecule is Oc1cc2c(cc1CN1CCN(Cc3cccs3)CC1)OCO2. The summed E-state index contributed by atoms with van der Waals surface area (Å²) >= 11 is 1.82. The summed E-state index contributed by atoms with van der Waals surface area (Å²) < 4.78 is 10.7. The number of phenols is 1. The van der Waals surface area contributed by atoms with Crippen molar-refractivity contribution < 1.29 is 14.6 Å². The summed E-state index contributed by atoms with van der Waals surface area (Å²) in [4.78, 5) is 6.29. The average molecular weight is 332 g/mol. The van der Waals surface area contributed by atoms with Crippen LogP contribution in [-0.4, -0.2) is 47.9 Å². The summed E-state index contributed by atoms with van der Waals surface area (Å²) in [6, 6.07) is 7.86. The van der Waals surface area contributed by atoms with E-state index < -0.39 is 0 Å². The fraction of sp³-hybridized carbons (Fsp3) is 0.412. The van der Waals surface area contributed by atoms with Gasteiger partial charge in [0.1, 0.15) is 5.75 Å². The number of aromatic hydroxyl groups is 1. The van der Waals surface area contributed by atoms with Gasteiger partial charge in [-0.1, -0.05) is 6.07 Å². The van der Waals surface area contributed by atoms with E-state index >= 15 is 0 Å². The first-order valence-electron chi connectivity index (χ1n) is 7.86. The van der Waals surface area contributed by atoms with Gasteiger partial charge in [-0.15, -0.1) is 11.3 Å². The zero-order chi connectivity index (χ0) is 15.6. The summed E-state index contributed by atoms with van der Waals surface area (Å²) in [5.41, 5.74) is 0.904. The molecule has 2 aliphatic heterocycles. The Morgan fingerprint density at radius 1 is 1.00 bits per heavy atom. The summed E-state index contributed by atoms with van der Waals surface area (Å²) in [5.74, 6) is 1.65. The lowest BCUT2D eigenvalue weighted by Crippen LogP contribution is -2.45. The van der Waals surface area contributed by atoms with Gasteiger partial charge in [0, 0.05) is 55.8 Å². The highest BCUT2D eigenvalue weighted by molar-refractivity contribution is 7.09. The third kappa shape index (κ3) is 3.29. The van der Waals surface area contributed by atoms with Gasteiger partial charge >= 0.3 is 0 Å². The molecule has 0 amide bonds. The van der Waals surface area contributed by atoms with Crippen LogP contribution in [0.15, 0.2) is 29.6 Å². The fourth-order valence-corrected chi connectivity index (χ4v) is 3.82. The zero-order valence-electron chi connectivity index (χ0n) is 12.9. The molecule has 6 heteroatoms. The van der Waals surface area contributed by atoms with Crippen LogP contribution in [-0.2, 0) is 13.1 Å². The molecule has 1 aromatic heterocycles. The molecule has 0 unspecified atom stereocenters. The van der Waals surface area contributed by atoms with Crippen LogP contribution < -0.4 is 9.47 Å². The molecule has 0 saturated carbocycles. The van der Waals surface area contributed by atoms with Crippen LogP contribution in [0.3, 0.4) is 0 Å². The summed E-state index contributed by atoms with van der Waals surface area (Å²) in [6.45, 7) is 6.17. The van der Waals surface area contributed by atoms with Gasteiger partial charge in [-0.25, -0.2) is 0 Å². The Labute approximate surface area is 139 Å². The second kappa shape index (κ2) is 6.39. The minimum atomic E-state index is 0.236. The van der Waals surface area contributed by atoms with Crippen molar-refractivity contribution in [1.82, 2.24) is 9.80 Å². The Balaban J connectivity index is 1.34. The molecule has 5 nitrogen and oxygen atoms in total. The largest absolute Gasteiger partial charge is 0.507 e. The number of piperazine rings is 1. The smallest absolute Gasteiger partial charge is 0.231 e. The lowest BCUT2D eigenvalue weighted by molar-refractivity contribution is 0.122. The second-order valence-electron chi connectivity index (χ2n) is 5.97. The van der Waals surface area contributed by atoms with Crippen LogP contribution in [0, 0.1) is 0 Å². The van der Waals surface area contributed by atoms with Crippen LogP contribution in [0.25, 0.3) is 0 Å². The Bertz CT molecular complexity index is 667. The van der Waals surface area contributed by atoms with Crippen molar-refractivity contribution in [3.8, 4) is 17.2 Å². The number of rotatable bonds is 4. The predicted molar refractivity (Wildman–Crippen MR) is 89.1 cm³/mol.